The summed E-state index contributed by atoms with van der Waals surface area (Å²) in [6.07, 6.45) is 3.04. The van der Waals surface area contributed by atoms with Gasteiger partial charge in [0.1, 0.15) is 5.82 Å². The van der Waals surface area contributed by atoms with Gasteiger partial charge >= 0.3 is 0 Å². The number of nitrogens with two attached hydrogens (primary N) is 1. The van der Waals surface area contributed by atoms with Crippen LogP contribution in [0.1, 0.15) is 36.7 Å². The summed E-state index contributed by atoms with van der Waals surface area (Å²) >= 11 is 0. The molecule has 0 aliphatic heterocycles. The zero-order chi connectivity index (χ0) is 20.6. The number of anilines is 2. The van der Waals surface area contributed by atoms with Crippen molar-refractivity contribution in [2.24, 2.45) is 5.73 Å². The van der Waals surface area contributed by atoms with Gasteiger partial charge < -0.3 is 11.1 Å². The average molecular weight is 401 g/mol. The second-order valence-corrected chi connectivity index (χ2v) is 9.30. The number of primary amides is 1. The van der Waals surface area contributed by atoms with Crippen LogP contribution in [-0.2, 0) is 16.4 Å². The van der Waals surface area contributed by atoms with Crippen LogP contribution >= 0.6 is 0 Å². The number of hydrogen-bond acceptors (Lipinski definition) is 6. The number of pyridine rings is 1. The molecule has 0 saturated carbocycles. The summed E-state index contributed by atoms with van der Waals surface area (Å²) in [6, 6.07) is 4.92. The number of benzene rings is 1. The summed E-state index contributed by atoms with van der Waals surface area (Å²) in [5.74, 6) is 0.00140. The van der Waals surface area contributed by atoms with Crippen LogP contribution in [0.25, 0.3) is 10.9 Å². The molecule has 0 saturated heterocycles. The van der Waals surface area contributed by atoms with E-state index in [1.54, 1.807) is 49.8 Å². The highest BCUT2D eigenvalue weighted by molar-refractivity contribution is 7.92. The minimum Gasteiger partial charge on any atom is -0.365 e. The van der Waals surface area contributed by atoms with Crippen LogP contribution in [0.2, 0.25) is 0 Å². The van der Waals surface area contributed by atoms with Gasteiger partial charge in [-0.2, -0.15) is 5.10 Å². The molecule has 3 rings (SSSR count). The summed E-state index contributed by atoms with van der Waals surface area (Å²) in [6.45, 7) is 7.61. The molecule has 0 atom stereocenters. The van der Waals surface area contributed by atoms with Crippen molar-refractivity contribution in [1.82, 2.24) is 14.8 Å². The summed E-state index contributed by atoms with van der Waals surface area (Å²) in [4.78, 5) is 16.6. The Morgan fingerprint density at radius 2 is 2.04 bits per heavy atom. The van der Waals surface area contributed by atoms with Gasteiger partial charge in [0.05, 0.1) is 33.1 Å². The fraction of sp³-hybridized carbons (Fsp3) is 0.316. The zero-order valence-corrected chi connectivity index (χ0v) is 17.0. The first-order valence-corrected chi connectivity index (χ1v) is 10.5. The number of amides is 1. The Hall–Kier alpha value is -2.94. The molecule has 3 aromatic rings. The van der Waals surface area contributed by atoms with Crippen molar-refractivity contribution in [3.05, 3.63) is 41.7 Å². The second-order valence-electron chi connectivity index (χ2n) is 6.80. The van der Waals surface area contributed by atoms with Gasteiger partial charge in [-0.25, -0.2) is 13.1 Å². The van der Waals surface area contributed by atoms with E-state index < -0.39 is 21.0 Å². The Balaban J connectivity index is 2.33. The van der Waals surface area contributed by atoms with Crippen molar-refractivity contribution in [2.45, 2.75) is 44.4 Å². The van der Waals surface area contributed by atoms with Crippen LogP contribution in [0.15, 0.2) is 35.5 Å². The van der Waals surface area contributed by atoms with Gasteiger partial charge in [-0.05, 0) is 45.4 Å². The summed E-state index contributed by atoms with van der Waals surface area (Å²) < 4.78 is 27.2. The number of sulfone groups is 1. The number of aryl methyl sites for hydroxylation is 2. The number of hydrogen-bond donors (Lipinski definition) is 2. The Morgan fingerprint density at radius 3 is 2.64 bits per heavy atom. The molecule has 1 amide bonds. The lowest BCUT2D eigenvalue weighted by Gasteiger charge is -2.16. The Labute approximate surface area is 163 Å². The Bertz CT molecular complexity index is 1170. The molecule has 0 bridgehead atoms. The average Bonchev–Trinajstić information content (AvgIpc) is 3.08. The number of carbonyl (C=O) groups excluding carboxylic acids is 1. The minimum absolute atomic E-state index is 0.176. The summed E-state index contributed by atoms with van der Waals surface area (Å²) in [7, 11) is -3.50. The molecule has 8 nitrogen and oxygen atoms in total. The fourth-order valence-corrected chi connectivity index (χ4v) is 4.19. The molecule has 0 unspecified atom stereocenters. The fourth-order valence-electron chi connectivity index (χ4n) is 3.02. The van der Waals surface area contributed by atoms with Gasteiger partial charge in [-0.15, -0.1) is 0 Å². The largest absolute Gasteiger partial charge is 0.365 e. The summed E-state index contributed by atoms with van der Waals surface area (Å²) in [5, 5.41) is 7.34. The van der Waals surface area contributed by atoms with Gasteiger partial charge in [0.15, 0.2) is 9.84 Å². The zero-order valence-electron chi connectivity index (χ0n) is 16.2. The first kappa shape index (κ1) is 19.8. The highest BCUT2D eigenvalue weighted by atomic mass is 32.2. The topological polar surface area (TPSA) is 120 Å². The van der Waals surface area contributed by atoms with Crippen molar-refractivity contribution < 1.29 is 13.2 Å². The van der Waals surface area contributed by atoms with Crippen LogP contribution in [-0.4, -0.2) is 34.3 Å². The maximum absolute atomic E-state index is 12.7. The van der Waals surface area contributed by atoms with Gasteiger partial charge in [0.25, 0.3) is 5.91 Å². The van der Waals surface area contributed by atoms with Crippen molar-refractivity contribution >= 4 is 38.2 Å². The van der Waals surface area contributed by atoms with Crippen LogP contribution in [0.3, 0.4) is 0 Å². The molecule has 0 aliphatic rings. The molecular weight excluding hydrogens is 378 g/mol. The third kappa shape index (κ3) is 3.33. The van der Waals surface area contributed by atoms with Crippen LogP contribution in [0.5, 0.6) is 0 Å². The number of rotatable bonds is 6. The third-order valence-electron chi connectivity index (χ3n) is 4.62. The van der Waals surface area contributed by atoms with E-state index in [4.69, 9.17) is 5.73 Å². The van der Waals surface area contributed by atoms with E-state index in [-0.39, 0.29) is 10.5 Å². The maximum Gasteiger partial charge on any atom is 0.252 e. The van der Waals surface area contributed by atoms with Crippen molar-refractivity contribution in [3.63, 3.8) is 0 Å². The van der Waals surface area contributed by atoms with Gasteiger partial charge in [0.2, 0.25) is 0 Å². The first-order chi connectivity index (χ1) is 13.2. The molecule has 0 fully saturated rings. The predicted octanol–water partition coefficient (Wildman–Crippen LogP) is 2.78. The monoisotopic (exact) mass is 401 g/mol. The molecule has 0 radical (unpaired) electrons. The van der Waals surface area contributed by atoms with E-state index in [2.05, 4.69) is 15.4 Å². The van der Waals surface area contributed by atoms with Crippen molar-refractivity contribution in [3.8, 4) is 0 Å². The molecule has 148 valence electrons. The first-order valence-electron chi connectivity index (χ1n) is 8.92. The molecule has 0 aliphatic carbocycles. The normalized spacial score (nSPS) is 11.9. The van der Waals surface area contributed by atoms with E-state index >= 15 is 0 Å². The van der Waals surface area contributed by atoms with Gasteiger partial charge in [-0.3, -0.25) is 9.78 Å². The lowest BCUT2D eigenvalue weighted by atomic mass is 10.1. The van der Waals surface area contributed by atoms with E-state index in [1.807, 2.05) is 6.92 Å². The highest BCUT2D eigenvalue weighted by Gasteiger charge is 2.23. The number of aromatic nitrogens is 3. The van der Waals surface area contributed by atoms with E-state index in [9.17, 15) is 13.2 Å². The number of fused-ring (bicyclic) bond motifs is 1. The van der Waals surface area contributed by atoms with E-state index in [0.29, 0.717) is 34.5 Å². The van der Waals surface area contributed by atoms with Crippen LogP contribution in [0, 0.1) is 6.92 Å². The molecule has 2 heterocycles. The van der Waals surface area contributed by atoms with Crippen LogP contribution in [0.4, 0.5) is 11.5 Å². The molecule has 9 heteroatoms. The Morgan fingerprint density at radius 1 is 1.32 bits per heavy atom. The third-order valence-corrected chi connectivity index (χ3v) is 6.75. The molecule has 3 N–H and O–H groups in total. The number of nitrogens with one attached hydrogen (secondary N) is 1. The van der Waals surface area contributed by atoms with Crippen LogP contribution < -0.4 is 11.1 Å². The predicted molar refractivity (Wildman–Crippen MR) is 109 cm³/mol. The molecule has 2 aromatic heterocycles. The van der Waals surface area contributed by atoms with E-state index in [1.165, 1.54) is 6.20 Å². The van der Waals surface area contributed by atoms with Gasteiger partial charge in [-0.1, -0.05) is 0 Å². The van der Waals surface area contributed by atoms with E-state index in [0.717, 1.165) is 0 Å². The second kappa shape index (κ2) is 7.23. The number of carbonyl (C=O) groups is 1. The maximum atomic E-state index is 12.7. The highest BCUT2D eigenvalue weighted by Crippen LogP contribution is 2.33. The van der Waals surface area contributed by atoms with Crippen molar-refractivity contribution in [1.29, 1.82) is 0 Å². The molecule has 28 heavy (non-hydrogen) atoms. The smallest absolute Gasteiger partial charge is 0.252 e. The Kier molecular flexibility index (Phi) is 5.12. The lowest BCUT2D eigenvalue weighted by molar-refractivity contribution is 0.100. The molecular formula is C19H23N5O3S. The SMILES string of the molecule is CCn1nccc1Nc1c(C(N)=O)cnc2c(C)cc(S(=O)(=O)C(C)C)cc12. The van der Waals surface area contributed by atoms with Gasteiger partial charge in [0, 0.05) is 24.2 Å². The number of nitrogens with zero attached hydrogens (tertiary/aromatic N) is 3. The quantitative estimate of drug-likeness (QED) is 0.655. The molecule has 1 aromatic carbocycles. The summed E-state index contributed by atoms with van der Waals surface area (Å²) in [5.41, 5.74) is 7.43. The standard InChI is InChI=1S/C19H23N5O3S/c1-5-24-16(6-7-22-24)23-18-14-9-13(28(26,27)11(2)3)8-12(4)17(14)21-10-15(18)19(20)25/h6-11H,5H2,1-4H3,(H2,20,25)(H,21,23). The molecule has 0 spiro atoms. The lowest BCUT2D eigenvalue weighted by Crippen LogP contribution is -2.16. The minimum atomic E-state index is -3.50. The van der Waals surface area contributed by atoms with Crippen molar-refractivity contribution in [2.75, 3.05) is 5.32 Å².